The number of hydrogen-bond donors (Lipinski definition) is 1. The molecule has 0 atom stereocenters. The lowest BCUT2D eigenvalue weighted by Gasteiger charge is -2.34. The highest BCUT2D eigenvalue weighted by atomic mass is 16.5. The molecule has 84 valence electrons. The average molecular weight is 210 g/mol. The van der Waals surface area contributed by atoms with Crippen LogP contribution in [-0.2, 0) is 11.3 Å². The summed E-state index contributed by atoms with van der Waals surface area (Å²) in [6, 6.07) is 0. The second-order valence-electron chi connectivity index (χ2n) is 4.31. The van der Waals surface area contributed by atoms with E-state index in [-0.39, 0.29) is 0 Å². The first-order valence-corrected chi connectivity index (χ1v) is 5.44. The van der Waals surface area contributed by atoms with Gasteiger partial charge in [-0.1, -0.05) is 5.16 Å². The van der Waals surface area contributed by atoms with E-state index in [2.05, 4.69) is 5.16 Å². The highest BCUT2D eigenvalue weighted by molar-refractivity contribution is 5.19. The molecule has 0 saturated heterocycles. The second-order valence-corrected chi connectivity index (χ2v) is 4.31. The molecule has 0 spiro atoms. The smallest absolute Gasteiger partial charge is 0.139 e. The van der Waals surface area contributed by atoms with Gasteiger partial charge in [0.25, 0.3) is 0 Å². The van der Waals surface area contributed by atoms with Crippen molar-refractivity contribution in [1.82, 2.24) is 5.16 Å². The Kier molecular flexibility index (Phi) is 3.07. The van der Waals surface area contributed by atoms with E-state index in [1.165, 1.54) is 0 Å². The van der Waals surface area contributed by atoms with Gasteiger partial charge in [-0.3, -0.25) is 0 Å². The fourth-order valence-electron chi connectivity index (χ4n) is 1.91. The molecule has 2 N–H and O–H groups in total. The summed E-state index contributed by atoms with van der Waals surface area (Å²) in [5.41, 5.74) is 7.58. The molecule has 0 radical (unpaired) electrons. The van der Waals surface area contributed by atoms with Crippen LogP contribution in [0.5, 0.6) is 0 Å². The lowest BCUT2D eigenvalue weighted by Crippen LogP contribution is -2.35. The van der Waals surface area contributed by atoms with Crippen molar-refractivity contribution in [3.8, 4) is 0 Å². The van der Waals surface area contributed by atoms with Crippen LogP contribution in [0.25, 0.3) is 0 Å². The van der Waals surface area contributed by atoms with Crippen LogP contribution in [0.2, 0.25) is 0 Å². The number of rotatable bonds is 4. The van der Waals surface area contributed by atoms with E-state index in [9.17, 15) is 0 Å². The Bertz CT molecular complexity index is 310. The molecule has 15 heavy (non-hydrogen) atoms. The summed E-state index contributed by atoms with van der Waals surface area (Å²) >= 11 is 0. The maximum Gasteiger partial charge on any atom is 0.139 e. The largest absolute Gasteiger partial charge is 0.373 e. The summed E-state index contributed by atoms with van der Waals surface area (Å²) in [4.78, 5) is 0. The number of aromatic nitrogens is 1. The van der Waals surface area contributed by atoms with Crippen LogP contribution in [-0.4, -0.2) is 17.8 Å². The first-order chi connectivity index (χ1) is 7.20. The van der Waals surface area contributed by atoms with Crippen molar-refractivity contribution in [2.45, 2.75) is 39.4 Å². The quantitative estimate of drug-likeness (QED) is 0.819. The van der Waals surface area contributed by atoms with Crippen LogP contribution in [0.3, 0.4) is 0 Å². The Hall–Kier alpha value is -0.870. The van der Waals surface area contributed by atoms with E-state index in [0.29, 0.717) is 18.6 Å². The maximum absolute atomic E-state index is 5.76. The van der Waals surface area contributed by atoms with Gasteiger partial charge in [0.15, 0.2) is 0 Å². The van der Waals surface area contributed by atoms with E-state index in [4.69, 9.17) is 15.0 Å². The van der Waals surface area contributed by atoms with Gasteiger partial charge in [-0.15, -0.1) is 0 Å². The van der Waals surface area contributed by atoms with E-state index in [1.54, 1.807) is 0 Å². The topological polar surface area (TPSA) is 61.3 Å². The van der Waals surface area contributed by atoms with Crippen molar-refractivity contribution in [2.75, 3.05) is 6.54 Å². The molecule has 1 heterocycles. The molecule has 4 nitrogen and oxygen atoms in total. The molecule has 2 rings (SSSR count). The van der Waals surface area contributed by atoms with Crippen molar-refractivity contribution in [1.29, 1.82) is 0 Å². The fraction of sp³-hybridized carbons (Fsp3) is 0.727. The van der Waals surface area contributed by atoms with Gasteiger partial charge in [-0.2, -0.15) is 0 Å². The number of ether oxygens (including phenoxy) is 1. The number of nitrogens with two attached hydrogens (primary N) is 1. The van der Waals surface area contributed by atoms with Gasteiger partial charge < -0.3 is 15.0 Å². The zero-order valence-corrected chi connectivity index (χ0v) is 9.32. The van der Waals surface area contributed by atoms with Gasteiger partial charge in [0.2, 0.25) is 0 Å². The predicted molar refractivity (Wildman–Crippen MR) is 56.3 cm³/mol. The maximum atomic E-state index is 5.76. The van der Waals surface area contributed by atoms with Gasteiger partial charge in [0.05, 0.1) is 18.4 Å². The summed E-state index contributed by atoms with van der Waals surface area (Å²) in [6.07, 6.45) is 2.58. The predicted octanol–water partition coefficient (Wildman–Crippen LogP) is 1.55. The Labute approximate surface area is 89.8 Å². The monoisotopic (exact) mass is 210 g/mol. The Balaban J connectivity index is 1.79. The van der Waals surface area contributed by atoms with Crippen LogP contribution >= 0.6 is 0 Å². The normalized spacial score (nSPS) is 25.3. The van der Waals surface area contributed by atoms with Crippen molar-refractivity contribution in [3.63, 3.8) is 0 Å². The van der Waals surface area contributed by atoms with Gasteiger partial charge in [-0.25, -0.2) is 0 Å². The van der Waals surface area contributed by atoms with Crippen molar-refractivity contribution in [2.24, 2.45) is 11.7 Å². The highest BCUT2D eigenvalue weighted by Gasteiger charge is 2.28. The first kappa shape index (κ1) is 10.6. The summed E-state index contributed by atoms with van der Waals surface area (Å²) < 4.78 is 10.8. The number of nitrogens with zero attached hydrogens (tertiary/aromatic N) is 1. The molecular formula is C11H18N2O2. The third-order valence-electron chi connectivity index (χ3n) is 3.17. The molecule has 0 amide bonds. The third kappa shape index (κ3) is 2.21. The minimum Gasteiger partial charge on any atom is -0.373 e. The fourth-order valence-corrected chi connectivity index (χ4v) is 1.91. The van der Waals surface area contributed by atoms with Crippen LogP contribution < -0.4 is 5.73 Å². The van der Waals surface area contributed by atoms with E-state index < -0.39 is 0 Å². The SMILES string of the molecule is Cc1noc(C)c1COC1CC(CN)C1. The number of aryl methyl sites for hydroxylation is 2. The van der Waals surface area contributed by atoms with E-state index in [1.807, 2.05) is 13.8 Å². The minimum atomic E-state index is 0.382. The molecule has 1 aromatic rings. The van der Waals surface area contributed by atoms with Gasteiger partial charge in [0, 0.05) is 5.56 Å². The molecule has 0 unspecified atom stereocenters. The molecule has 0 aromatic carbocycles. The van der Waals surface area contributed by atoms with Crippen molar-refractivity contribution < 1.29 is 9.26 Å². The van der Waals surface area contributed by atoms with Gasteiger partial charge >= 0.3 is 0 Å². The van der Waals surface area contributed by atoms with Crippen LogP contribution in [0, 0.1) is 19.8 Å². The Morgan fingerprint density at radius 1 is 1.47 bits per heavy atom. The van der Waals surface area contributed by atoms with Crippen molar-refractivity contribution >= 4 is 0 Å². The van der Waals surface area contributed by atoms with E-state index in [0.717, 1.165) is 36.4 Å². The molecule has 0 bridgehead atoms. The van der Waals surface area contributed by atoms with Crippen molar-refractivity contribution in [3.05, 3.63) is 17.0 Å². The molecule has 4 heteroatoms. The minimum absolute atomic E-state index is 0.382. The summed E-state index contributed by atoms with van der Waals surface area (Å²) in [7, 11) is 0. The van der Waals surface area contributed by atoms with Crippen LogP contribution in [0.4, 0.5) is 0 Å². The van der Waals surface area contributed by atoms with Gasteiger partial charge in [0.1, 0.15) is 5.76 Å². The molecule has 1 aliphatic carbocycles. The highest BCUT2D eigenvalue weighted by Crippen LogP contribution is 2.30. The molecule has 0 aliphatic heterocycles. The second kappa shape index (κ2) is 4.33. The standard InChI is InChI=1S/C11H18N2O2/c1-7-11(8(2)15-13-7)6-14-10-3-9(4-10)5-12/h9-10H,3-6,12H2,1-2H3. The van der Waals surface area contributed by atoms with Gasteiger partial charge in [-0.05, 0) is 39.2 Å². The molecule has 1 aromatic heterocycles. The number of hydrogen-bond acceptors (Lipinski definition) is 4. The molecular weight excluding hydrogens is 192 g/mol. The van der Waals surface area contributed by atoms with Crippen LogP contribution in [0.15, 0.2) is 4.52 Å². The zero-order chi connectivity index (χ0) is 10.8. The summed E-state index contributed by atoms with van der Waals surface area (Å²) in [5.74, 6) is 1.53. The Morgan fingerprint density at radius 2 is 2.20 bits per heavy atom. The first-order valence-electron chi connectivity index (χ1n) is 5.44. The third-order valence-corrected chi connectivity index (χ3v) is 3.17. The zero-order valence-electron chi connectivity index (χ0n) is 9.32. The summed E-state index contributed by atoms with van der Waals surface area (Å²) in [6.45, 7) is 5.26. The lowest BCUT2D eigenvalue weighted by molar-refractivity contribution is -0.0380. The van der Waals surface area contributed by atoms with Crippen LogP contribution in [0.1, 0.15) is 29.9 Å². The molecule has 1 aliphatic rings. The summed E-state index contributed by atoms with van der Waals surface area (Å²) in [5, 5.41) is 3.89. The Morgan fingerprint density at radius 3 is 2.73 bits per heavy atom. The average Bonchev–Trinajstić information content (AvgIpc) is 2.46. The molecule has 1 saturated carbocycles. The van der Waals surface area contributed by atoms with E-state index >= 15 is 0 Å². The molecule has 1 fully saturated rings. The lowest BCUT2D eigenvalue weighted by atomic mass is 9.82.